The zero-order chi connectivity index (χ0) is 18.7. The van der Waals surface area contributed by atoms with Gasteiger partial charge in [0, 0.05) is 28.7 Å². The molecule has 0 radical (unpaired) electrons. The fourth-order valence-electron chi connectivity index (χ4n) is 2.86. The Hall–Kier alpha value is -2.50. The van der Waals surface area contributed by atoms with Gasteiger partial charge in [-0.25, -0.2) is 9.18 Å². The average Bonchev–Trinajstić information content (AvgIpc) is 2.65. The standard InChI is InChI=1S/C20H18ClFN2O2/c1-12-10-14(6-8-17(12)22)19(20(25)26-2)24-11-15-16(21)7-5-13-4-3-9-23-18(13)15/h3-10,19,24H,11H2,1-2H3/t19-/m1/s1. The molecule has 1 N–H and O–H groups in total. The largest absolute Gasteiger partial charge is 0.468 e. The third-order valence-electron chi connectivity index (χ3n) is 4.26. The third kappa shape index (κ3) is 3.69. The Bertz CT molecular complexity index is 962. The van der Waals surface area contributed by atoms with Crippen molar-refractivity contribution in [1.82, 2.24) is 10.3 Å². The molecule has 6 heteroatoms. The number of pyridine rings is 1. The second-order valence-corrected chi connectivity index (χ2v) is 6.35. The number of halogens is 2. The minimum Gasteiger partial charge on any atom is -0.468 e. The van der Waals surface area contributed by atoms with Crippen molar-refractivity contribution in [1.29, 1.82) is 0 Å². The number of carbonyl (C=O) groups is 1. The van der Waals surface area contributed by atoms with E-state index in [2.05, 4.69) is 10.3 Å². The maximum absolute atomic E-state index is 13.6. The highest BCUT2D eigenvalue weighted by molar-refractivity contribution is 6.32. The number of fused-ring (bicyclic) bond motifs is 1. The molecule has 4 nitrogen and oxygen atoms in total. The normalized spacial score (nSPS) is 12.2. The Labute approximate surface area is 156 Å². The lowest BCUT2D eigenvalue weighted by molar-refractivity contribution is -0.143. The van der Waals surface area contributed by atoms with Crippen LogP contribution in [0.25, 0.3) is 10.9 Å². The Morgan fingerprint density at radius 3 is 2.85 bits per heavy atom. The van der Waals surface area contributed by atoms with Crippen LogP contribution in [0.15, 0.2) is 48.7 Å². The van der Waals surface area contributed by atoms with Gasteiger partial charge >= 0.3 is 5.97 Å². The van der Waals surface area contributed by atoms with Crippen molar-refractivity contribution >= 4 is 28.5 Å². The molecule has 1 heterocycles. The average molecular weight is 373 g/mol. The summed E-state index contributed by atoms with van der Waals surface area (Å²) in [5, 5.41) is 4.68. The fraction of sp³-hybridized carbons (Fsp3) is 0.200. The van der Waals surface area contributed by atoms with Gasteiger partial charge in [-0.1, -0.05) is 35.9 Å². The molecule has 0 saturated carbocycles. The smallest absolute Gasteiger partial charge is 0.327 e. The molecule has 26 heavy (non-hydrogen) atoms. The van der Waals surface area contributed by atoms with Gasteiger partial charge in [-0.3, -0.25) is 10.3 Å². The molecule has 1 aromatic heterocycles. The maximum atomic E-state index is 13.6. The van der Waals surface area contributed by atoms with Gasteiger partial charge in [-0.15, -0.1) is 0 Å². The molecule has 0 fully saturated rings. The number of aromatic nitrogens is 1. The highest BCUT2D eigenvalue weighted by atomic mass is 35.5. The van der Waals surface area contributed by atoms with Gasteiger partial charge < -0.3 is 4.74 Å². The molecule has 0 aliphatic rings. The highest BCUT2D eigenvalue weighted by Crippen LogP contribution is 2.26. The second kappa shape index (κ2) is 7.81. The van der Waals surface area contributed by atoms with Gasteiger partial charge in [0.2, 0.25) is 0 Å². The molecule has 0 aliphatic carbocycles. The molecule has 0 spiro atoms. The first-order valence-corrected chi connectivity index (χ1v) is 8.48. The van der Waals surface area contributed by atoms with Crippen LogP contribution < -0.4 is 5.32 Å². The van der Waals surface area contributed by atoms with Gasteiger partial charge in [0.25, 0.3) is 0 Å². The van der Waals surface area contributed by atoms with E-state index in [9.17, 15) is 9.18 Å². The number of rotatable bonds is 5. The van der Waals surface area contributed by atoms with Crippen LogP contribution in [0.2, 0.25) is 5.02 Å². The van der Waals surface area contributed by atoms with Crippen LogP contribution in [-0.2, 0) is 16.1 Å². The molecule has 3 aromatic rings. The Morgan fingerprint density at radius 1 is 1.31 bits per heavy atom. The summed E-state index contributed by atoms with van der Waals surface area (Å²) in [5.74, 6) is -0.779. The Balaban J connectivity index is 1.93. The highest BCUT2D eigenvalue weighted by Gasteiger charge is 2.22. The van der Waals surface area contributed by atoms with Crippen molar-refractivity contribution in [3.05, 3.63) is 76.2 Å². The van der Waals surface area contributed by atoms with Crippen molar-refractivity contribution in [3.63, 3.8) is 0 Å². The van der Waals surface area contributed by atoms with Gasteiger partial charge in [0.05, 0.1) is 12.6 Å². The first-order valence-electron chi connectivity index (χ1n) is 8.10. The molecule has 3 rings (SSSR count). The SMILES string of the molecule is COC(=O)[C@H](NCc1c(Cl)ccc2cccnc12)c1ccc(F)c(C)c1. The van der Waals surface area contributed by atoms with Crippen LogP contribution >= 0.6 is 11.6 Å². The van der Waals surface area contributed by atoms with E-state index in [1.54, 1.807) is 31.3 Å². The zero-order valence-electron chi connectivity index (χ0n) is 14.4. The van der Waals surface area contributed by atoms with Gasteiger partial charge in [-0.2, -0.15) is 0 Å². The maximum Gasteiger partial charge on any atom is 0.327 e. The molecule has 0 unspecified atom stereocenters. The zero-order valence-corrected chi connectivity index (χ0v) is 15.2. The number of carbonyl (C=O) groups excluding carboxylic acids is 1. The van der Waals surface area contributed by atoms with E-state index < -0.39 is 12.0 Å². The summed E-state index contributed by atoms with van der Waals surface area (Å²) in [5.41, 5.74) is 2.65. The van der Waals surface area contributed by atoms with E-state index in [0.29, 0.717) is 22.7 Å². The summed E-state index contributed by atoms with van der Waals surface area (Å²) in [6.07, 6.45) is 1.70. The second-order valence-electron chi connectivity index (χ2n) is 5.95. The van der Waals surface area contributed by atoms with Gasteiger partial charge in [-0.05, 0) is 36.2 Å². The summed E-state index contributed by atoms with van der Waals surface area (Å²) in [4.78, 5) is 16.6. The van der Waals surface area contributed by atoms with Crippen molar-refractivity contribution in [2.75, 3.05) is 7.11 Å². The van der Waals surface area contributed by atoms with Crippen molar-refractivity contribution in [3.8, 4) is 0 Å². The van der Waals surface area contributed by atoms with Crippen LogP contribution in [0, 0.1) is 12.7 Å². The number of methoxy groups -OCH3 is 1. The number of nitrogens with zero attached hydrogens (tertiary/aromatic N) is 1. The fourth-order valence-corrected chi connectivity index (χ4v) is 3.08. The first kappa shape index (κ1) is 18.3. The lowest BCUT2D eigenvalue weighted by atomic mass is 10.0. The molecule has 0 bridgehead atoms. The monoisotopic (exact) mass is 372 g/mol. The van der Waals surface area contributed by atoms with Crippen molar-refractivity contribution in [2.24, 2.45) is 0 Å². The van der Waals surface area contributed by atoms with Crippen LogP contribution in [0.4, 0.5) is 4.39 Å². The van der Waals surface area contributed by atoms with E-state index >= 15 is 0 Å². The molecule has 0 amide bonds. The summed E-state index contributed by atoms with van der Waals surface area (Å²) in [7, 11) is 1.32. The van der Waals surface area contributed by atoms with Gasteiger partial charge in [0.15, 0.2) is 0 Å². The Morgan fingerprint density at radius 2 is 2.12 bits per heavy atom. The van der Waals surface area contributed by atoms with E-state index in [4.69, 9.17) is 16.3 Å². The van der Waals surface area contributed by atoms with E-state index in [-0.39, 0.29) is 5.82 Å². The van der Waals surface area contributed by atoms with E-state index in [0.717, 1.165) is 16.5 Å². The quantitative estimate of drug-likeness (QED) is 0.677. The molecule has 134 valence electrons. The van der Waals surface area contributed by atoms with E-state index in [1.165, 1.54) is 13.2 Å². The minimum absolute atomic E-state index is 0.309. The Kier molecular flexibility index (Phi) is 5.49. The number of hydrogen-bond donors (Lipinski definition) is 1. The molecular formula is C20H18ClFN2O2. The summed E-state index contributed by atoms with van der Waals surface area (Å²) in [6.45, 7) is 1.96. The first-order chi connectivity index (χ1) is 12.5. The number of aryl methyl sites for hydroxylation is 1. The predicted molar refractivity (Wildman–Crippen MR) is 99.5 cm³/mol. The molecule has 0 saturated heterocycles. The van der Waals surface area contributed by atoms with Crippen molar-refractivity contribution < 1.29 is 13.9 Å². The summed E-state index contributed by atoms with van der Waals surface area (Å²) in [6, 6.07) is 11.3. The van der Waals surface area contributed by atoms with E-state index in [1.807, 2.05) is 18.2 Å². The van der Waals surface area contributed by atoms with Gasteiger partial charge in [0.1, 0.15) is 11.9 Å². The summed E-state index contributed by atoms with van der Waals surface area (Å²) < 4.78 is 18.5. The number of ether oxygens (including phenoxy) is 1. The van der Waals surface area contributed by atoms with Crippen LogP contribution in [-0.4, -0.2) is 18.1 Å². The van der Waals surface area contributed by atoms with Crippen molar-refractivity contribution in [2.45, 2.75) is 19.5 Å². The minimum atomic E-state index is -0.741. The number of hydrogen-bond acceptors (Lipinski definition) is 4. The molecular weight excluding hydrogens is 355 g/mol. The predicted octanol–water partition coefficient (Wildman–Crippen LogP) is 4.34. The molecule has 1 atom stereocenters. The number of benzene rings is 2. The van der Waals surface area contributed by atoms with Crippen LogP contribution in [0.1, 0.15) is 22.7 Å². The third-order valence-corrected chi connectivity index (χ3v) is 4.61. The topological polar surface area (TPSA) is 51.2 Å². The number of esters is 1. The summed E-state index contributed by atoms with van der Waals surface area (Å²) >= 11 is 6.35. The molecule has 0 aliphatic heterocycles. The lowest BCUT2D eigenvalue weighted by Crippen LogP contribution is -2.29. The lowest BCUT2D eigenvalue weighted by Gasteiger charge is -2.18. The number of nitrogens with one attached hydrogen (secondary N) is 1. The van der Waals surface area contributed by atoms with Crippen LogP contribution in [0.3, 0.4) is 0 Å². The molecule has 2 aromatic carbocycles. The van der Waals surface area contributed by atoms with Crippen LogP contribution in [0.5, 0.6) is 0 Å².